The fraction of sp³-hybridized carbons (Fsp3) is 0.600. The molecule has 1 aliphatic rings. The Bertz CT molecular complexity index is 370. The van der Waals surface area contributed by atoms with Crippen LogP contribution in [0.25, 0.3) is 0 Å². The maximum absolute atomic E-state index is 3.91. The molecule has 3 atom stereocenters. The second-order valence-corrected chi connectivity index (χ2v) is 6.30. The number of benzene rings is 1. The van der Waals surface area contributed by atoms with Crippen LogP contribution >= 0.6 is 15.9 Å². The molecule has 1 fully saturated rings. The van der Waals surface area contributed by atoms with Crippen LogP contribution in [-0.4, -0.2) is 0 Å². The minimum Gasteiger partial charge on any atom is -0.0836 e. The fourth-order valence-corrected chi connectivity index (χ4v) is 3.86. The molecule has 0 spiro atoms. The third kappa shape index (κ3) is 2.34. The largest absolute Gasteiger partial charge is 0.0836 e. The molecule has 16 heavy (non-hydrogen) atoms. The van der Waals surface area contributed by atoms with E-state index in [0.29, 0.717) is 4.83 Å². The van der Waals surface area contributed by atoms with E-state index in [-0.39, 0.29) is 0 Å². The van der Waals surface area contributed by atoms with Gasteiger partial charge in [-0.2, -0.15) is 0 Å². The Morgan fingerprint density at radius 3 is 2.50 bits per heavy atom. The summed E-state index contributed by atoms with van der Waals surface area (Å²) >= 11 is 3.91. The van der Waals surface area contributed by atoms with Crippen LogP contribution in [0.1, 0.15) is 47.7 Å². The first-order valence-electron chi connectivity index (χ1n) is 6.31. The van der Waals surface area contributed by atoms with Gasteiger partial charge < -0.3 is 0 Å². The second kappa shape index (κ2) is 4.91. The number of aryl methyl sites for hydroxylation is 2. The average molecular weight is 281 g/mol. The van der Waals surface area contributed by atoms with Crippen molar-refractivity contribution in [3.8, 4) is 0 Å². The Kier molecular flexibility index (Phi) is 3.73. The summed E-state index contributed by atoms with van der Waals surface area (Å²) in [5, 5.41) is 0. The Labute approximate surface area is 108 Å². The number of hydrogen-bond acceptors (Lipinski definition) is 0. The van der Waals surface area contributed by atoms with Crippen molar-refractivity contribution in [3.05, 3.63) is 34.9 Å². The van der Waals surface area contributed by atoms with Gasteiger partial charge in [-0.15, -0.1) is 0 Å². The van der Waals surface area contributed by atoms with E-state index in [4.69, 9.17) is 0 Å². The quantitative estimate of drug-likeness (QED) is 0.655. The molecule has 0 radical (unpaired) electrons. The van der Waals surface area contributed by atoms with Gasteiger partial charge in [0.2, 0.25) is 0 Å². The Balaban J connectivity index is 2.20. The van der Waals surface area contributed by atoms with Crippen LogP contribution in [0.4, 0.5) is 0 Å². The van der Waals surface area contributed by atoms with Crippen molar-refractivity contribution >= 4 is 15.9 Å². The highest BCUT2D eigenvalue weighted by atomic mass is 79.9. The zero-order valence-corrected chi connectivity index (χ0v) is 12.0. The first-order valence-corrected chi connectivity index (χ1v) is 7.22. The van der Waals surface area contributed by atoms with Crippen molar-refractivity contribution < 1.29 is 0 Å². The zero-order valence-electron chi connectivity index (χ0n) is 10.5. The minimum absolute atomic E-state index is 0.546. The monoisotopic (exact) mass is 280 g/mol. The molecule has 2 rings (SSSR count). The number of rotatable bonds is 2. The predicted molar refractivity (Wildman–Crippen MR) is 74.1 cm³/mol. The maximum Gasteiger partial charge on any atom is 0.0426 e. The van der Waals surface area contributed by atoms with Crippen LogP contribution < -0.4 is 0 Å². The van der Waals surface area contributed by atoms with E-state index in [1.54, 1.807) is 0 Å². The van der Waals surface area contributed by atoms with Gasteiger partial charge in [0.25, 0.3) is 0 Å². The minimum atomic E-state index is 0.546. The average Bonchev–Trinajstić information content (AvgIpc) is 2.67. The maximum atomic E-state index is 3.91. The van der Waals surface area contributed by atoms with Crippen LogP contribution in [0.2, 0.25) is 0 Å². The lowest BCUT2D eigenvalue weighted by Gasteiger charge is -2.22. The number of halogens is 1. The second-order valence-electron chi connectivity index (χ2n) is 5.32. The normalized spacial score (nSPS) is 27.0. The summed E-state index contributed by atoms with van der Waals surface area (Å²) in [6, 6.07) is 6.88. The van der Waals surface area contributed by atoms with Gasteiger partial charge in [-0.25, -0.2) is 0 Å². The van der Waals surface area contributed by atoms with E-state index >= 15 is 0 Å². The lowest BCUT2D eigenvalue weighted by atomic mass is 9.90. The van der Waals surface area contributed by atoms with Crippen molar-refractivity contribution in [2.24, 2.45) is 11.8 Å². The van der Waals surface area contributed by atoms with Crippen molar-refractivity contribution in [1.82, 2.24) is 0 Å². The van der Waals surface area contributed by atoms with Crippen LogP contribution in [0.15, 0.2) is 18.2 Å². The molecular weight excluding hydrogens is 260 g/mol. The molecule has 0 bridgehead atoms. The molecule has 1 saturated carbocycles. The molecule has 0 aromatic heterocycles. The molecule has 0 nitrogen and oxygen atoms in total. The Hall–Kier alpha value is -0.300. The summed E-state index contributed by atoms with van der Waals surface area (Å²) in [6.07, 6.45) is 4.18. The summed E-state index contributed by atoms with van der Waals surface area (Å²) < 4.78 is 0. The molecule has 0 saturated heterocycles. The molecule has 1 heteroatoms. The third-order valence-electron chi connectivity index (χ3n) is 4.15. The molecule has 1 aliphatic carbocycles. The lowest BCUT2D eigenvalue weighted by molar-refractivity contribution is 0.414. The van der Waals surface area contributed by atoms with Gasteiger partial charge in [0.1, 0.15) is 0 Å². The highest BCUT2D eigenvalue weighted by molar-refractivity contribution is 9.09. The van der Waals surface area contributed by atoms with Crippen molar-refractivity contribution in [1.29, 1.82) is 0 Å². The summed E-state index contributed by atoms with van der Waals surface area (Å²) in [6.45, 7) is 6.78. The summed E-state index contributed by atoms with van der Waals surface area (Å²) in [4.78, 5) is 0.546. The molecule has 1 aromatic carbocycles. The van der Waals surface area contributed by atoms with Gasteiger partial charge in [0.15, 0.2) is 0 Å². The standard InChI is InChI=1S/C15H21Br/c1-10-7-8-13(9-12(10)3)15(16)14-6-4-5-11(14)2/h7-9,11,14-15H,4-6H2,1-3H3. The van der Waals surface area contributed by atoms with E-state index in [1.807, 2.05) is 0 Å². The van der Waals surface area contributed by atoms with E-state index in [1.165, 1.54) is 36.0 Å². The number of hydrogen-bond donors (Lipinski definition) is 0. The Morgan fingerprint density at radius 1 is 1.19 bits per heavy atom. The molecule has 1 aromatic rings. The summed E-state index contributed by atoms with van der Waals surface area (Å²) in [5.74, 6) is 1.69. The highest BCUT2D eigenvalue weighted by Gasteiger charge is 2.30. The molecule has 0 N–H and O–H groups in total. The smallest absolute Gasteiger partial charge is 0.0426 e. The van der Waals surface area contributed by atoms with Crippen molar-refractivity contribution in [2.75, 3.05) is 0 Å². The molecule has 88 valence electrons. The van der Waals surface area contributed by atoms with Crippen LogP contribution in [0, 0.1) is 25.7 Å². The van der Waals surface area contributed by atoms with E-state index < -0.39 is 0 Å². The van der Waals surface area contributed by atoms with Crippen molar-refractivity contribution in [2.45, 2.75) is 44.9 Å². The Morgan fingerprint density at radius 2 is 1.94 bits per heavy atom. The van der Waals surface area contributed by atoms with Crippen LogP contribution in [-0.2, 0) is 0 Å². The molecular formula is C15H21Br. The van der Waals surface area contributed by atoms with E-state index in [0.717, 1.165) is 11.8 Å². The summed E-state index contributed by atoms with van der Waals surface area (Å²) in [5.41, 5.74) is 4.26. The third-order valence-corrected chi connectivity index (χ3v) is 5.36. The van der Waals surface area contributed by atoms with E-state index in [2.05, 4.69) is 54.9 Å². The van der Waals surface area contributed by atoms with Gasteiger partial charge in [-0.05, 0) is 48.8 Å². The van der Waals surface area contributed by atoms with Gasteiger partial charge in [-0.3, -0.25) is 0 Å². The lowest BCUT2D eigenvalue weighted by Crippen LogP contribution is -2.10. The van der Waals surface area contributed by atoms with Gasteiger partial charge in [0, 0.05) is 4.83 Å². The molecule has 3 unspecified atom stereocenters. The first-order chi connectivity index (χ1) is 7.59. The number of alkyl halides is 1. The van der Waals surface area contributed by atoms with E-state index in [9.17, 15) is 0 Å². The predicted octanol–water partition coefficient (Wildman–Crippen LogP) is 5.18. The molecule has 0 heterocycles. The SMILES string of the molecule is Cc1ccc(C(Br)C2CCCC2C)cc1C. The van der Waals surface area contributed by atoms with Gasteiger partial charge >= 0.3 is 0 Å². The van der Waals surface area contributed by atoms with Gasteiger partial charge in [0.05, 0.1) is 0 Å². The van der Waals surface area contributed by atoms with Crippen LogP contribution in [0.3, 0.4) is 0 Å². The topological polar surface area (TPSA) is 0 Å². The van der Waals surface area contributed by atoms with Gasteiger partial charge in [-0.1, -0.05) is 53.9 Å². The molecule has 0 aliphatic heterocycles. The first kappa shape index (κ1) is 12.2. The zero-order chi connectivity index (χ0) is 11.7. The molecule has 0 amide bonds. The van der Waals surface area contributed by atoms with Crippen LogP contribution in [0.5, 0.6) is 0 Å². The summed E-state index contributed by atoms with van der Waals surface area (Å²) in [7, 11) is 0. The van der Waals surface area contributed by atoms with Crippen molar-refractivity contribution in [3.63, 3.8) is 0 Å². The highest BCUT2D eigenvalue weighted by Crippen LogP contribution is 2.44. The fourth-order valence-electron chi connectivity index (χ4n) is 2.79.